The molecule has 3 rings (SSSR count). The Bertz CT molecular complexity index is 596. The molecule has 1 aliphatic heterocycles. The lowest BCUT2D eigenvalue weighted by Crippen LogP contribution is -2.28. The van der Waals surface area contributed by atoms with Crippen molar-refractivity contribution >= 4 is 11.6 Å². The van der Waals surface area contributed by atoms with Gasteiger partial charge in [-0.3, -0.25) is 0 Å². The van der Waals surface area contributed by atoms with E-state index in [4.69, 9.17) is 16.1 Å². The van der Waals surface area contributed by atoms with Gasteiger partial charge >= 0.3 is 0 Å². The van der Waals surface area contributed by atoms with E-state index in [0.29, 0.717) is 23.2 Å². The Kier molecular flexibility index (Phi) is 3.98. The van der Waals surface area contributed by atoms with Gasteiger partial charge in [0.1, 0.15) is 5.82 Å². The number of hydrogen-bond acceptors (Lipinski definition) is 4. The van der Waals surface area contributed by atoms with Crippen LogP contribution in [0.2, 0.25) is 5.02 Å². The van der Waals surface area contributed by atoms with Gasteiger partial charge in [0.25, 0.3) is 0 Å². The summed E-state index contributed by atoms with van der Waals surface area (Å²) in [6.07, 6.45) is 2.63. The molecular weight excluding hydrogens is 281 g/mol. The van der Waals surface area contributed by atoms with E-state index in [0.717, 1.165) is 31.5 Å². The van der Waals surface area contributed by atoms with Crippen LogP contribution in [0, 0.1) is 5.82 Å². The van der Waals surface area contributed by atoms with Gasteiger partial charge < -0.3 is 9.84 Å². The van der Waals surface area contributed by atoms with Crippen LogP contribution in [0.5, 0.6) is 0 Å². The van der Waals surface area contributed by atoms with E-state index in [1.807, 2.05) is 0 Å². The van der Waals surface area contributed by atoms with Gasteiger partial charge in [-0.15, -0.1) is 0 Å². The van der Waals surface area contributed by atoms with Crippen molar-refractivity contribution < 1.29 is 8.91 Å². The fourth-order valence-electron chi connectivity index (χ4n) is 2.40. The molecule has 2 aromatic rings. The predicted molar refractivity (Wildman–Crippen MR) is 73.4 cm³/mol. The Labute approximate surface area is 121 Å². The predicted octanol–water partition coefficient (Wildman–Crippen LogP) is 2.92. The smallest absolute Gasteiger partial charge is 0.231 e. The summed E-state index contributed by atoms with van der Waals surface area (Å²) < 4.78 is 18.3. The molecule has 0 amide bonds. The SMILES string of the molecule is Fc1ccc(Cc2noc([C@@H]3CCCNC3)n2)c(Cl)c1. The summed E-state index contributed by atoms with van der Waals surface area (Å²) in [7, 11) is 0. The van der Waals surface area contributed by atoms with Crippen molar-refractivity contribution in [2.24, 2.45) is 0 Å². The third kappa shape index (κ3) is 2.99. The highest BCUT2D eigenvalue weighted by Gasteiger charge is 2.21. The molecular formula is C14H15ClFN3O. The maximum atomic E-state index is 13.0. The standard InChI is InChI=1S/C14H15ClFN3O/c15-12-7-11(16)4-3-9(12)6-13-18-14(20-19-13)10-2-1-5-17-8-10/h3-4,7,10,17H,1-2,5-6,8H2/t10-/m1/s1. The van der Waals surface area contributed by atoms with Crippen LogP contribution in [0.1, 0.15) is 36.0 Å². The van der Waals surface area contributed by atoms with Gasteiger partial charge in [0, 0.05) is 18.0 Å². The van der Waals surface area contributed by atoms with Gasteiger partial charge in [0.15, 0.2) is 5.82 Å². The lowest BCUT2D eigenvalue weighted by Gasteiger charge is -2.18. The molecule has 0 unspecified atom stereocenters. The van der Waals surface area contributed by atoms with Gasteiger partial charge in [-0.05, 0) is 37.1 Å². The van der Waals surface area contributed by atoms with Crippen molar-refractivity contribution in [2.75, 3.05) is 13.1 Å². The van der Waals surface area contributed by atoms with Crippen molar-refractivity contribution in [1.82, 2.24) is 15.5 Å². The molecule has 1 saturated heterocycles. The Morgan fingerprint density at radius 3 is 3.10 bits per heavy atom. The summed E-state index contributed by atoms with van der Waals surface area (Å²) in [6, 6.07) is 4.33. The summed E-state index contributed by atoms with van der Waals surface area (Å²) in [5.41, 5.74) is 0.794. The highest BCUT2D eigenvalue weighted by molar-refractivity contribution is 6.31. The first-order valence-electron chi connectivity index (χ1n) is 6.69. The molecule has 2 heterocycles. The molecule has 20 heavy (non-hydrogen) atoms. The molecule has 1 fully saturated rings. The second-order valence-corrected chi connectivity index (χ2v) is 5.41. The van der Waals surface area contributed by atoms with Crippen molar-refractivity contribution in [3.8, 4) is 0 Å². The monoisotopic (exact) mass is 295 g/mol. The van der Waals surface area contributed by atoms with Gasteiger partial charge in [-0.1, -0.05) is 22.8 Å². The van der Waals surface area contributed by atoms with Crippen LogP contribution in [0.3, 0.4) is 0 Å². The van der Waals surface area contributed by atoms with Gasteiger partial charge in [0.2, 0.25) is 5.89 Å². The lowest BCUT2D eigenvalue weighted by molar-refractivity contribution is 0.320. The van der Waals surface area contributed by atoms with Crippen LogP contribution < -0.4 is 5.32 Å². The zero-order valence-electron chi connectivity index (χ0n) is 10.9. The van der Waals surface area contributed by atoms with Gasteiger partial charge in [-0.25, -0.2) is 4.39 Å². The Hall–Kier alpha value is -1.46. The van der Waals surface area contributed by atoms with Crippen LogP contribution in [-0.2, 0) is 6.42 Å². The van der Waals surface area contributed by atoms with E-state index in [-0.39, 0.29) is 11.7 Å². The molecule has 0 spiro atoms. The first kappa shape index (κ1) is 13.5. The van der Waals surface area contributed by atoms with Crippen LogP contribution in [0.4, 0.5) is 4.39 Å². The fraction of sp³-hybridized carbons (Fsp3) is 0.429. The molecule has 1 aliphatic rings. The second kappa shape index (κ2) is 5.89. The Morgan fingerprint density at radius 1 is 1.45 bits per heavy atom. The molecule has 0 aliphatic carbocycles. The molecule has 1 N–H and O–H groups in total. The van der Waals surface area contributed by atoms with Crippen LogP contribution in [-0.4, -0.2) is 23.2 Å². The summed E-state index contributed by atoms with van der Waals surface area (Å²) in [5.74, 6) is 1.19. The third-order valence-electron chi connectivity index (χ3n) is 3.49. The van der Waals surface area contributed by atoms with E-state index in [1.54, 1.807) is 6.07 Å². The summed E-state index contributed by atoms with van der Waals surface area (Å²) >= 11 is 6.00. The number of halogens is 2. The number of hydrogen-bond donors (Lipinski definition) is 1. The number of rotatable bonds is 3. The lowest BCUT2D eigenvalue weighted by atomic mass is 10.00. The molecule has 1 aromatic heterocycles. The largest absolute Gasteiger partial charge is 0.339 e. The van der Waals surface area contributed by atoms with Crippen molar-refractivity contribution in [1.29, 1.82) is 0 Å². The van der Waals surface area contributed by atoms with E-state index in [2.05, 4.69) is 15.5 Å². The number of aromatic nitrogens is 2. The number of nitrogens with one attached hydrogen (secondary N) is 1. The minimum atomic E-state index is -0.346. The normalized spacial score (nSPS) is 19.2. The highest BCUT2D eigenvalue weighted by atomic mass is 35.5. The van der Waals surface area contributed by atoms with Gasteiger partial charge in [-0.2, -0.15) is 4.98 Å². The minimum Gasteiger partial charge on any atom is -0.339 e. The number of piperidine rings is 1. The fourth-order valence-corrected chi connectivity index (χ4v) is 2.64. The van der Waals surface area contributed by atoms with E-state index in [1.165, 1.54) is 12.1 Å². The molecule has 106 valence electrons. The molecule has 4 nitrogen and oxygen atoms in total. The Balaban J connectivity index is 1.73. The first-order chi connectivity index (χ1) is 9.72. The van der Waals surface area contributed by atoms with E-state index in [9.17, 15) is 4.39 Å². The second-order valence-electron chi connectivity index (χ2n) is 5.00. The summed E-state index contributed by atoms with van der Waals surface area (Å²) in [5, 5.41) is 7.69. The highest BCUT2D eigenvalue weighted by Crippen LogP contribution is 2.23. The van der Waals surface area contributed by atoms with E-state index < -0.39 is 0 Å². The van der Waals surface area contributed by atoms with Crippen LogP contribution >= 0.6 is 11.6 Å². The molecule has 0 radical (unpaired) electrons. The zero-order chi connectivity index (χ0) is 13.9. The Morgan fingerprint density at radius 2 is 2.35 bits per heavy atom. The van der Waals surface area contributed by atoms with Crippen molar-refractivity contribution in [2.45, 2.75) is 25.2 Å². The minimum absolute atomic E-state index is 0.286. The number of nitrogens with zero attached hydrogens (tertiary/aromatic N) is 2. The molecule has 1 aromatic carbocycles. The molecule has 6 heteroatoms. The first-order valence-corrected chi connectivity index (χ1v) is 7.07. The maximum Gasteiger partial charge on any atom is 0.231 e. The molecule has 0 bridgehead atoms. The van der Waals surface area contributed by atoms with E-state index >= 15 is 0 Å². The van der Waals surface area contributed by atoms with Crippen molar-refractivity contribution in [3.05, 3.63) is 46.3 Å². The maximum absolute atomic E-state index is 13.0. The topological polar surface area (TPSA) is 51.0 Å². The van der Waals surface area contributed by atoms with Crippen molar-refractivity contribution in [3.63, 3.8) is 0 Å². The summed E-state index contributed by atoms with van der Waals surface area (Å²) in [6.45, 7) is 1.92. The quantitative estimate of drug-likeness (QED) is 0.946. The average Bonchev–Trinajstić information content (AvgIpc) is 2.92. The average molecular weight is 296 g/mol. The molecule has 1 atom stereocenters. The van der Waals surface area contributed by atoms with Crippen LogP contribution in [0.15, 0.2) is 22.7 Å². The summed E-state index contributed by atoms with van der Waals surface area (Å²) in [4.78, 5) is 4.42. The van der Waals surface area contributed by atoms with Crippen LogP contribution in [0.25, 0.3) is 0 Å². The third-order valence-corrected chi connectivity index (χ3v) is 3.85. The van der Waals surface area contributed by atoms with Gasteiger partial charge in [0.05, 0.1) is 5.92 Å². The number of benzene rings is 1. The molecule has 0 saturated carbocycles. The zero-order valence-corrected chi connectivity index (χ0v) is 11.7.